The van der Waals surface area contributed by atoms with Crippen molar-refractivity contribution in [3.05, 3.63) is 47.8 Å². The maximum absolute atomic E-state index is 12.2. The molecule has 1 amide bonds. The zero-order valence-electron chi connectivity index (χ0n) is 12.6. The number of hydrogen-bond donors (Lipinski definition) is 2. The van der Waals surface area contributed by atoms with Crippen LogP contribution in [0.25, 0.3) is 5.69 Å². The molecule has 1 atom stereocenters. The fraction of sp³-hybridized carbons (Fsp3) is 0.312. The number of aliphatic carboxylic acids is 1. The minimum absolute atomic E-state index is 0.0267. The molecular formula is C16H19N3O3. The molecule has 2 N–H and O–H groups in total. The summed E-state index contributed by atoms with van der Waals surface area (Å²) in [6.07, 6.45) is 0.415. The lowest BCUT2D eigenvalue weighted by Gasteiger charge is -2.11. The summed E-state index contributed by atoms with van der Waals surface area (Å²) < 4.78 is 1.71. The summed E-state index contributed by atoms with van der Waals surface area (Å²) >= 11 is 0. The monoisotopic (exact) mass is 301 g/mol. The Hall–Kier alpha value is -2.63. The molecule has 0 aliphatic carbocycles. The molecule has 1 aromatic heterocycles. The van der Waals surface area contributed by atoms with Gasteiger partial charge in [0.25, 0.3) is 5.91 Å². The highest BCUT2D eigenvalue weighted by Crippen LogP contribution is 2.12. The van der Waals surface area contributed by atoms with Crippen molar-refractivity contribution in [2.24, 2.45) is 0 Å². The third kappa shape index (κ3) is 3.94. The Morgan fingerprint density at radius 3 is 2.64 bits per heavy atom. The third-order valence-corrected chi connectivity index (χ3v) is 3.29. The van der Waals surface area contributed by atoms with Crippen LogP contribution < -0.4 is 5.32 Å². The van der Waals surface area contributed by atoms with Crippen molar-refractivity contribution in [3.63, 3.8) is 0 Å². The van der Waals surface area contributed by atoms with Gasteiger partial charge in [-0.05, 0) is 38.5 Å². The molecule has 0 fully saturated rings. The van der Waals surface area contributed by atoms with Crippen molar-refractivity contribution < 1.29 is 14.7 Å². The van der Waals surface area contributed by atoms with Gasteiger partial charge in [0.05, 0.1) is 5.69 Å². The Balaban J connectivity index is 2.07. The highest BCUT2D eigenvalue weighted by atomic mass is 16.4. The topological polar surface area (TPSA) is 84.2 Å². The first-order valence-electron chi connectivity index (χ1n) is 7.12. The molecule has 0 radical (unpaired) electrons. The average Bonchev–Trinajstić information content (AvgIpc) is 2.88. The number of carboxylic acids is 1. The van der Waals surface area contributed by atoms with E-state index in [1.165, 1.54) is 0 Å². The van der Waals surface area contributed by atoms with Gasteiger partial charge in [-0.3, -0.25) is 9.59 Å². The van der Waals surface area contributed by atoms with E-state index in [4.69, 9.17) is 5.11 Å². The van der Waals surface area contributed by atoms with Crippen LogP contribution in [-0.4, -0.2) is 32.8 Å². The maximum Gasteiger partial charge on any atom is 0.303 e. The van der Waals surface area contributed by atoms with Gasteiger partial charge >= 0.3 is 5.97 Å². The van der Waals surface area contributed by atoms with E-state index < -0.39 is 5.97 Å². The number of aromatic nitrogens is 2. The van der Waals surface area contributed by atoms with Gasteiger partial charge in [-0.2, -0.15) is 5.10 Å². The first-order chi connectivity index (χ1) is 10.5. The van der Waals surface area contributed by atoms with Crippen LogP contribution in [0.1, 0.15) is 35.9 Å². The van der Waals surface area contributed by atoms with Crippen LogP contribution in [0.5, 0.6) is 0 Å². The average molecular weight is 301 g/mol. The molecule has 22 heavy (non-hydrogen) atoms. The zero-order chi connectivity index (χ0) is 16.1. The van der Waals surface area contributed by atoms with Crippen LogP contribution in [0.2, 0.25) is 0 Å². The van der Waals surface area contributed by atoms with Gasteiger partial charge in [0.2, 0.25) is 0 Å². The molecule has 1 aromatic carbocycles. The number of para-hydroxylation sites is 1. The van der Waals surface area contributed by atoms with E-state index >= 15 is 0 Å². The highest BCUT2D eigenvalue weighted by Gasteiger charge is 2.15. The van der Waals surface area contributed by atoms with Crippen LogP contribution in [0.15, 0.2) is 36.4 Å². The predicted molar refractivity (Wildman–Crippen MR) is 82.1 cm³/mol. The van der Waals surface area contributed by atoms with E-state index in [0.29, 0.717) is 12.1 Å². The van der Waals surface area contributed by atoms with Crippen molar-refractivity contribution in [2.75, 3.05) is 0 Å². The molecular weight excluding hydrogens is 282 g/mol. The van der Waals surface area contributed by atoms with Gasteiger partial charge in [-0.25, -0.2) is 4.68 Å². The summed E-state index contributed by atoms with van der Waals surface area (Å²) in [4.78, 5) is 22.7. The minimum atomic E-state index is -0.870. The molecule has 0 spiro atoms. The minimum Gasteiger partial charge on any atom is -0.481 e. The Kier molecular flexibility index (Phi) is 4.93. The van der Waals surface area contributed by atoms with Crippen molar-refractivity contribution in [1.82, 2.24) is 15.1 Å². The van der Waals surface area contributed by atoms with Crippen molar-refractivity contribution in [1.29, 1.82) is 0 Å². The smallest absolute Gasteiger partial charge is 0.303 e. The third-order valence-electron chi connectivity index (χ3n) is 3.29. The Bertz CT molecular complexity index is 665. The fourth-order valence-corrected chi connectivity index (χ4v) is 2.13. The summed E-state index contributed by atoms with van der Waals surface area (Å²) in [5, 5.41) is 15.7. The summed E-state index contributed by atoms with van der Waals surface area (Å²) in [6, 6.07) is 11.1. The van der Waals surface area contributed by atoms with E-state index in [9.17, 15) is 9.59 Å². The second kappa shape index (κ2) is 6.89. The van der Waals surface area contributed by atoms with Crippen LogP contribution in [0, 0.1) is 6.92 Å². The fourth-order valence-electron chi connectivity index (χ4n) is 2.13. The Morgan fingerprint density at radius 1 is 1.32 bits per heavy atom. The number of nitrogens with one attached hydrogen (secondary N) is 1. The molecule has 0 aliphatic rings. The summed E-state index contributed by atoms with van der Waals surface area (Å²) in [5.41, 5.74) is 2.07. The van der Waals surface area contributed by atoms with Crippen LogP contribution >= 0.6 is 0 Å². The van der Waals surface area contributed by atoms with E-state index in [1.54, 1.807) is 17.7 Å². The first-order valence-corrected chi connectivity index (χ1v) is 7.12. The van der Waals surface area contributed by atoms with Crippen LogP contribution in [0.4, 0.5) is 0 Å². The number of rotatable bonds is 6. The van der Waals surface area contributed by atoms with Crippen molar-refractivity contribution in [2.45, 2.75) is 32.7 Å². The molecule has 0 saturated carbocycles. The number of nitrogens with zero attached hydrogens (tertiary/aromatic N) is 2. The lowest BCUT2D eigenvalue weighted by molar-refractivity contribution is -0.137. The molecule has 6 nitrogen and oxygen atoms in total. The van der Waals surface area contributed by atoms with Crippen molar-refractivity contribution in [3.8, 4) is 5.69 Å². The largest absolute Gasteiger partial charge is 0.481 e. The second-order valence-electron chi connectivity index (χ2n) is 5.23. The van der Waals surface area contributed by atoms with E-state index in [1.807, 2.05) is 37.3 Å². The van der Waals surface area contributed by atoms with Crippen LogP contribution in [-0.2, 0) is 4.79 Å². The lowest BCUT2D eigenvalue weighted by atomic mass is 10.2. The van der Waals surface area contributed by atoms with Gasteiger partial charge in [0.1, 0.15) is 0 Å². The lowest BCUT2D eigenvalue weighted by Crippen LogP contribution is -2.33. The first kappa shape index (κ1) is 15.8. The number of hydrogen-bond acceptors (Lipinski definition) is 3. The Morgan fingerprint density at radius 2 is 2.00 bits per heavy atom. The summed E-state index contributed by atoms with van der Waals surface area (Å²) in [7, 11) is 0. The van der Waals surface area contributed by atoms with E-state index in [2.05, 4.69) is 10.4 Å². The number of carbonyl (C=O) groups is 2. The van der Waals surface area contributed by atoms with Crippen molar-refractivity contribution >= 4 is 11.9 Å². The number of aryl methyl sites for hydroxylation is 1. The van der Waals surface area contributed by atoms with Gasteiger partial charge in [-0.15, -0.1) is 0 Å². The standard InChI is InChI=1S/C16H19N3O3/c1-11(8-9-15(20)21)17-16(22)14-10-12(2)19(18-14)13-6-4-3-5-7-13/h3-7,10-11H,8-9H2,1-2H3,(H,17,22)(H,20,21). The molecule has 6 heteroatoms. The molecule has 116 valence electrons. The Labute approximate surface area is 128 Å². The normalized spacial score (nSPS) is 11.9. The molecule has 2 rings (SSSR count). The molecule has 1 heterocycles. The summed E-state index contributed by atoms with van der Waals surface area (Å²) in [5.74, 6) is -1.17. The summed E-state index contributed by atoms with van der Waals surface area (Å²) in [6.45, 7) is 3.66. The predicted octanol–water partition coefficient (Wildman–Crippen LogP) is 2.16. The van der Waals surface area contributed by atoms with Crippen LogP contribution in [0.3, 0.4) is 0 Å². The SMILES string of the molecule is Cc1cc(C(=O)NC(C)CCC(=O)O)nn1-c1ccccc1. The highest BCUT2D eigenvalue weighted by molar-refractivity contribution is 5.92. The van der Waals surface area contributed by atoms with E-state index in [0.717, 1.165) is 11.4 Å². The quantitative estimate of drug-likeness (QED) is 0.856. The van der Waals surface area contributed by atoms with Gasteiger partial charge < -0.3 is 10.4 Å². The number of carboxylic acid groups (broad SMARTS) is 1. The number of benzene rings is 1. The van der Waals surface area contributed by atoms with Gasteiger partial charge in [0.15, 0.2) is 5.69 Å². The molecule has 0 saturated heterocycles. The van der Waals surface area contributed by atoms with Gasteiger partial charge in [0, 0.05) is 18.2 Å². The van der Waals surface area contributed by atoms with E-state index in [-0.39, 0.29) is 18.4 Å². The zero-order valence-corrected chi connectivity index (χ0v) is 12.6. The number of amides is 1. The second-order valence-corrected chi connectivity index (χ2v) is 5.23. The number of carbonyl (C=O) groups excluding carboxylic acids is 1. The molecule has 2 aromatic rings. The molecule has 0 aliphatic heterocycles. The maximum atomic E-state index is 12.2. The molecule has 0 bridgehead atoms. The molecule has 1 unspecified atom stereocenters. The van der Waals surface area contributed by atoms with Gasteiger partial charge in [-0.1, -0.05) is 18.2 Å².